The molecule has 2 amide bonds. The van der Waals surface area contributed by atoms with Gasteiger partial charge >= 0.3 is 12.1 Å². The average Bonchev–Trinajstić information content (AvgIpc) is 2.76. The highest BCUT2D eigenvalue weighted by atomic mass is 16.6. The molecule has 0 radical (unpaired) electrons. The molecule has 0 aliphatic rings. The van der Waals surface area contributed by atoms with Crippen LogP contribution < -0.4 is 5.32 Å². The second-order valence-electron chi connectivity index (χ2n) is 8.61. The van der Waals surface area contributed by atoms with Crippen LogP contribution in [0.25, 0.3) is 0 Å². The topological polar surface area (TPSA) is 84.9 Å². The molecule has 2 aromatic rings. The monoisotopic (exact) mass is 440 g/mol. The summed E-state index contributed by atoms with van der Waals surface area (Å²) in [5.74, 6) is -1.01. The number of hydrogen-bond acceptors (Lipinski definition) is 5. The Balaban J connectivity index is 2.02. The molecule has 0 aliphatic carbocycles. The lowest BCUT2D eigenvalue weighted by Crippen LogP contribution is -2.52. The molecule has 0 aliphatic heterocycles. The maximum Gasteiger partial charge on any atom is 0.410 e. The van der Waals surface area contributed by atoms with Gasteiger partial charge in [-0.3, -0.25) is 9.69 Å². The van der Waals surface area contributed by atoms with Gasteiger partial charge in [0.15, 0.2) is 0 Å². The van der Waals surface area contributed by atoms with Crippen molar-refractivity contribution < 1.29 is 23.9 Å². The molecule has 1 N–H and O–H groups in total. The molecule has 2 rings (SSSR count). The van der Waals surface area contributed by atoms with Crippen LogP contribution in [-0.2, 0) is 32.1 Å². The van der Waals surface area contributed by atoms with Crippen molar-refractivity contribution in [2.24, 2.45) is 0 Å². The molecule has 0 saturated carbocycles. The van der Waals surface area contributed by atoms with Crippen LogP contribution in [0.5, 0.6) is 0 Å². The van der Waals surface area contributed by atoms with E-state index in [2.05, 4.69) is 5.32 Å². The van der Waals surface area contributed by atoms with Gasteiger partial charge in [-0.15, -0.1) is 0 Å². The summed E-state index contributed by atoms with van der Waals surface area (Å²) < 4.78 is 10.8. The van der Waals surface area contributed by atoms with E-state index in [0.29, 0.717) is 0 Å². The second-order valence-corrected chi connectivity index (χ2v) is 8.61. The van der Waals surface area contributed by atoms with Crippen molar-refractivity contribution in [1.29, 1.82) is 0 Å². The fourth-order valence-electron chi connectivity index (χ4n) is 2.86. The zero-order valence-corrected chi connectivity index (χ0v) is 19.3. The van der Waals surface area contributed by atoms with Gasteiger partial charge in [-0.05, 0) is 38.8 Å². The first kappa shape index (κ1) is 24.9. The van der Waals surface area contributed by atoms with E-state index in [4.69, 9.17) is 9.47 Å². The van der Waals surface area contributed by atoms with Gasteiger partial charge in [-0.25, -0.2) is 9.59 Å². The van der Waals surface area contributed by atoms with Crippen LogP contribution in [0.15, 0.2) is 60.7 Å². The molecule has 172 valence electrons. The Kier molecular flexibility index (Phi) is 8.81. The van der Waals surface area contributed by atoms with Gasteiger partial charge in [-0.1, -0.05) is 60.7 Å². The SMILES string of the molecule is C[C@@H](C(=O)N[C@@H](Cc1ccccc1)C(=O)OC(C)(C)C)N(C)C(=O)OCc1ccccc1. The number of ether oxygens (including phenoxy) is 2. The summed E-state index contributed by atoms with van der Waals surface area (Å²) >= 11 is 0. The number of amides is 2. The largest absolute Gasteiger partial charge is 0.458 e. The highest BCUT2D eigenvalue weighted by Gasteiger charge is 2.31. The summed E-state index contributed by atoms with van der Waals surface area (Å²) in [4.78, 5) is 39.2. The first-order valence-electron chi connectivity index (χ1n) is 10.6. The van der Waals surface area contributed by atoms with E-state index in [1.165, 1.54) is 11.9 Å². The van der Waals surface area contributed by atoms with Crippen LogP contribution in [0.1, 0.15) is 38.8 Å². The van der Waals surface area contributed by atoms with E-state index < -0.39 is 35.7 Å². The number of benzene rings is 2. The van der Waals surface area contributed by atoms with Crippen molar-refractivity contribution in [1.82, 2.24) is 10.2 Å². The molecular weight excluding hydrogens is 408 g/mol. The van der Waals surface area contributed by atoms with Crippen LogP contribution in [0.4, 0.5) is 4.79 Å². The fourth-order valence-corrected chi connectivity index (χ4v) is 2.86. The normalized spacial score (nSPS) is 12.9. The van der Waals surface area contributed by atoms with Gasteiger partial charge in [0.25, 0.3) is 0 Å². The molecule has 0 heterocycles. The van der Waals surface area contributed by atoms with Crippen molar-refractivity contribution in [3.8, 4) is 0 Å². The number of esters is 1. The van der Waals surface area contributed by atoms with Crippen molar-refractivity contribution in [3.05, 3.63) is 71.8 Å². The minimum atomic E-state index is -0.889. The molecule has 2 atom stereocenters. The third-order valence-corrected chi connectivity index (χ3v) is 4.74. The smallest absolute Gasteiger partial charge is 0.410 e. The van der Waals surface area contributed by atoms with Crippen molar-refractivity contribution in [3.63, 3.8) is 0 Å². The number of rotatable bonds is 8. The Morgan fingerprint density at radius 1 is 0.938 bits per heavy atom. The first-order chi connectivity index (χ1) is 15.1. The van der Waals surface area contributed by atoms with E-state index in [1.807, 2.05) is 60.7 Å². The minimum Gasteiger partial charge on any atom is -0.458 e. The number of hydrogen-bond donors (Lipinski definition) is 1. The lowest BCUT2D eigenvalue weighted by atomic mass is 10.0. The van der Waals surface area contributed by atoms with E-state index in [-0.39, 0.29) is 13.0 Å². The summed E-state index contributed by atoms with van der Waals surface area (Å²) in [6.45, 7) is 6.99. The highest BCUT2D eigenvalue weighted by molar-refractivity contribution is 5.89. The Labute approximate surface area is 189 Å². The quantitative estimate of drug-likeness (QED) is 0.633. The molecule has 0 aromatic heterocycles. The van der Waals surface area contributed by atoms with Gasteiger partial charge < -0.3 is 14.8 Å². The third kappa shape index (κ3) is 8.06. The van der Waals surface area contributed by atoms with Gasteiger partial charge in [0.05, 0.1) is 0 Å². The summed E-state index contributed by atoms with van der Waals surface area (Å²) in [5.41, 5.74) is 1.03. The number of nitrogens with one attached hydrogen (secondary N) is 1. The third-order valence-electron chi connectivity index (χ3n) is 4.74. The molecule has 0 unspecified atom stereocenters. The summed E-state index contributed by atoms with van der Waals surface area (Å²) in [6, 6.07) is 16.9. The van der Waals surface area contributed by atoms with Crippen LogP contribution in [0, 0.1) is 0 Å². The van der Waals surface area contributed by atoms with Crippen molar-refractivity contribution in [2.75, 3.05) is 7.05 Å². The van der Waals surface area contributed by atoms with Crippen molar-refractivity contribution in [2.45, 2.75) is 58.4 Å². The van der Waals surface area contributed by atoms with Gasteiger partial charge in [0.2, 0.25) is 5.91 Å². The molecule has 0 saturated heterocycles. The summed E-state index contributed by atoms with van der Waals surface area (Å²) in [6.07, 6.45) is -0.357. The summed E-state index contributed by atoms with van der Waals surface area (Å²) in [5, 5.41) is 2.73. The minimum absolute atomic E-state index is 0.104. The molecule has 7 nitrogen and oxygen atoms in total. The molecule has 0 fully saturated rings. The Morgan fingerprint density at radius 2 is 1.47 bits per heavy atom. The number of carbonyl (C=O) groups excluding carboxylic acids is 3. The van der Waals surface area contributed by atoms with Gasteiger partial charge in [0.1, 0.15) is 24.3 Å². The average molecular weight is 441 g/mol. The van der Waals surface area contributed by atoms with Gasteiger partial charge in [-0.2, -0.15) is 0 Å². The van der Waals surface area contributed by atoms with E-state index in [1.54, 1.807) is 27.7 Å². The second kappa shape index (κ2) is 11.3. The van der Waals surface area contributed by atoms with Crippen LogP contribution in [0.3, 0.4) is 0 Å². The fraction of sp³-hybridized carbons (Fsp3) is 0.400. The molecule has 2 aromatic carbocycles. The van der Waals surface area contributed by atoms with Crippen LogP contribution in [0.2, 0.25) is 0 Å². The molecule has 7 heteroatoms. The molecule has 0 spiro atoms. The maximum atomic E-state index is 12.9. The van der Waals surface area contributed by atoms with E-state index in [0.717, 1.165) is 11.1 Å². The number of likely N-dealkylation sites (N-methyl/N-ethyl adjacent to an activating group) is 1. The van der Waals surface area contributed by atoms with Crippen LogP contribution in [-0.4, -0.2) is 47.6 Å². The number of nitrogens with zero attached hydrogens (tertiary/aromatic N) is 1. The maximum absolute atomic E-state index is 12.9. The van der Waals surface area contributed by atoms with E-state index in [9.17, 15) is 14.4 Å². The lowest BCUT2D eigenvalue weighted by molar-refractivity contribution is -0.158. The highest BCUT2D eigenvalue weighted by Crippen LogP contribution is 2.12. The zero-order chi connectivity index (χ0) is 23.7. The Morgan fingerprint density at radius 3 is 2.00 bits per heavy atom. The lowest BCUT2D eigenvalue weighted by Gasteiger charge is -2.28. The predicted molar refractivity (Wildman–Crippen MR) is 122 cm³/mol. The summed E-state index contributed by atoms with van der Waals surface area (Å²) in [7, 11) is 1.48. The zero-order valence-electron chi connectivity index (χ0n) is 19.3. The standard InChI is InChI=1S/C25H32N2O5/c1-18(27(5)24(30)31-17-20-14-10-7-11-15-20)22(28)26-21(23(29)32-25(2,3)4)16-19-12-8-6-9-13-19/h6-15,18,21H,16-17H2,1-5H3,(H,26,28)/t18-,21-/m0/s1. The molecule has 32 heavy (non-hydrogen) atoms. The Bertz CT molecular complexity index is 894. The number of carbonyl (C=O) groups is 3. The van der Waals surface area contributed by atoms with Crippen LogP contribution >= 0.6 is 0 Å². The van der Waals surface area contributed by atoms with Gasteiger partial charge in [0, 0.05) is 13.5 Å². The van der Waals surface area contributed by atoms with E-state index >= 15 is 0 Å². The molecular formula is C25H32N2O5. The Hall–Kier alpha value is -3.35. The van der Waals surface area contributed by atoms with Crippen molar-refractivity contribution >= 4 is 18.0 Å². The predicted octanol–water partition coefficient (Wildman–Crippen LogP) is 3.71. The first-order valence-corrected chi connectivity index (χ1v) is 10.6. The molecule has 0 bridgehead atoms.